The Hall–Kier alpha value is -1.50. The fraction of sp³-hybridized carbons (Fsp3) is 0.714. The number of piperidine rings is 1. The predicted molar refractivity (Wildman–Crippen MR) is 81.1 cm³/mol. The maximum atomic E-state index is 12.6. The number of hydrogen-bond donors (Lipinski definition) is 1. The lowest BCUT2D eigenvalue weighted by molar-refractivity contribution is -0.133. The van der Waals surface area contributed by atoms with Crippen LogP contribution in [0.3, 0.4) is 0 Å². The molecule has 0 aliphatic carbocycles. The van der Waals surface area contributed by atoms with Crippen LogP contribution in [0.2, 0.25) is 0 Å². The van der Waals surface area contributed by atoms with E-state index in [2.05, 4.69) is 21.8 Å². The van der Waals surface area contributed by atoms with Gasteiger partial charge in [-0.15, -0.1) is 5.10 Å². The average molecular weight is 310 g/mol. The van der Waals surface area contributed by atoms with Crippen molar-refractivity contribution in [3.05, 3.63) is 11.1 Å². The van der Waals surface area contributed by atoms with Crippen molar-refractivity contribution in [2.45, 2.75) is 51.5 Å². The van der Waals surface area contributed by atoms with Gasteiger partial charge in [0.1, 0.15) is 5.54 Å². The lowest BCUT2D eigenvalue weighted by Gasteiger charge is -2.43. The van der Waals surface area contributed by atoms with Crippen LogP contribution < -0.4 is 5.32 Å². The van der Waals surface area contributed by atoms with E-state index >= 15 is 0 Å². The first-order chi connectivity index (χ1) is 10.1. The molecule has 7 heteroatoms. The lowest BCUT2D eigenvalue weighted by atomic mass is 9.87. The van der Waals surface area contributed by atoms with Crippen LogP contribution in [0.25, 0.3) is 0 Å². The number of nitrogens with zero attached hydrogens (tertiary/aromatic N) is 3. The number of hydrogen-bond acceptors (Lipinski definition) is 5. The molecule has 1 aromatic rings. The Morgan fingerprint density at radius 3 is 2.95 bits per heavy atom. The van der Waals surface area contributed by atoms with Gasteiger partial charge in [-0.1, -0.05) is 17.8 Å². The minimum Gasteiger partial charge on any atom is -0.354 e. The Kier molecular flexibility index (Phi) is 5.27. The fourth-order valence-corrected chi connectivity index (χ4v) is 3.08. The Morgan fingerprint density at radius 2 is 2.29 bits per heavy atom. The quantitative estimate of drug-likeness (QED) is 0.842. The van der Waals surface area contributed by atoms with Crippen molar-refractivity contribution in [1.29, 1.82) is 0 Å². The number of nitrogens with one attached hydrogen (secondary N) is 1. The summed E-state index contributed by atoms with van der Waals surface area (Å²) in [4.78, 5) is 26.8. The summed E-state index contributed by atoms with van der Waals surface area (Å²) in [6.07, 6.45) is 4.54. The highest BCUT2D eigenvalue weighted by atomic mass is 32.1. The van der Waals surface area contributed by atoms with Gasteiger partial charge in [0.2, 0.25) is 5.91 Å². The Morgan fingerprint density at radius 1 is 1.48 bits per heavy atom. The van der Waals surface area contributed by atoms with Crippen molar-refractivity contribution in [3.63, 3.8) is 0 Å². The van der Waals surface area contributed by atoms with Crippen LogP contribution in [0.5, 0.6) is 0 Å². The van der Waals surface area contributed by atoms with Gasteiger partial charge in [0.25, 0.3) is 5.91 Å². The molecule has 1 aliphatic heterocycles. The number of carbonyl (C=O) groups excluding carboxylic acids is 2. The summed E-state index contributed by atoms with van der Waals surface area (Å²) in [6, 6.07) is 0. The lowest BCUT2D eigenvalue weighted by Crippen LogP contribution is -2.61. The Labute approximate surface area is 129 Å². The van der Waals surface area contributed by atoms with Gasteiger partial charge in [0.05, 0.1) is 0 Å². The highest BCUT2D eigenvalue weighted by molar-refractivity contribution is 7.03. The summed E-state index contributed by atoms with van der Waals surface area (Å²) in [5.74, 6) is -0.260. The molecule has 2 rings (SSSR count). The molecular weight excluding hydrogens is 288 g/mol. The van der Waals surface area contributed by atoms with E-state index in [1.807, 2.05) is 6.92 Å². The molecular formula is C14H22N4O2S. The minimum atomic E-state index is -0.785. The van der Waals surface area contributed by atoms with Crippen LogP contribution in [0.15, 0.2) is 5.38 Å². The normalized spacial score (nSPS) is 22.1. The predicted octanol–water partition coefficient (Wildman–Crippen LogP) is 1.84. The topological polar surface area (TPSA) is 75.2 Å². The molecule has 2 heterocycles. The summed E-state index contributed by atoms with van der Waals surface area (Å²) in [7, 11) is 0. The molecule has 1 unspecified atom stereocenters. The third-order valence-electron chi connectivity index (χ3n) is 4.02. The average Bonchev–Trinajstić information content (AvgIpc) is 3.01. The summed E-state index contributed by atoms with van der Waals surface area (Å²) >= 11 is 1.15. The molecule has 1 saturated heterocycles. The van der Waals surface area contributed by atoms with Crippen molar-refractivity contribution >= 4 is 23.3 Å². The Balaban J connectivity index is 2.13. The largest absolute Gasteiger partial charge is 0.354 e. The number of unbranched alkanes of at least 4 members (excludes halogenated alkanes) is 1. The van der Waals surface area contributed by atoms with E-state index in [-0.39, 0.29) is 11.8 Å². The fourth-order valence-electron chi connectivity index (χ4n) is 2.65. The van der Waals surface area contributed by atoms with Gasteiger partial charge in [-0.3, -0.25) is 9.59 Å². The molecule has 116 valence electrons. The third-order valence-corrected chi connectivity index (χ3v) is 4.52. The molecule has 1 fully saturated rings. The van der Waals surface area contributed by atoms with E-state index in [4.69, 9.17) is 0 Å². The van der Waals surface area contributed by atoms with Gasteiger partial charge in [0.15, 0.2) is 5.69 Å². The van der Waals surface area contributed by atoms with E-state index in [1.54, 1.807) is 10.3 Å². The van der Waals surface area contributed by atoms with Crippen LogP contribution in [-0.2, 0) is 4.79 Å². The van der Waals surface area contributed by atoms with Gasteiger partial charge in [-0.25, -0.2) is 0 Å². The first-order valence-electron chi connectivity index (χ1n) is 7.47. The second-order valence-corrected chi connectivity index (χ2v) is 6.20. The number of aromatic nitrogens is 2. The molecule has 1 atom stereocenters. The minimum absolute atomic E-state index is 0.0628. The monoisotopic (exact) mass is 310 g/mol. The Bertz CT molecular complexity index is 491. The van der Waals surface area contributed by atoms with E-state index in [0.717, 1.165) is 37.2 Å². The second-order valence-electron chi connectivity index (χ2n) is 5.59. The zero-order valence-electron chi connectivity index (χ0n) is 12.6. The van der Waals surface area contributed by atoms with Gasteiger partial charge < -0.3 is 10.2 Å². The van der Waals surface area contributed by atoms with Gasteiger partial charge >= 0.3 is 0 Å². The van der Waals surface area contributed by atoms with Gasteiger partial charge in [0, 0.05) is 18.5 Å². The van der Waals surface area contributed by atoms with E-state index < -0.39 is 5.54 Å². The van der Waals surface area contributed by atoms with E-state index in [9.17, 15) is 9.59 Å². The first kappa shape index (κ1) is 15.9. The zero-order chi connectivity index (χ0) is 15.3. The SMILES string of the molecule is CCCCNC(=O)C1(C)CCCCN1C(=O)c1csnn1. The number of rotatable bonds is 5. The van der Waals surface area contributed by atoms with Gasteiger partial charge in [-0.05, 0) is 44.1 Å². The molecule has 1 aromatic heterocycles. The summed E-state index contributed by atoms with van der Waals surface area (Å²) in [6.45, 7) is 5.18. The molecule has 1 aliphatic rings. The highest BCUT2D eigenvalue weighted by Crippen LogP contribution is 2.29. The molecule has 1 N–H and O–H groups in total. The maximum Gasteiger partial charge on any atom is 0.276 e. The second kappa shape index (κ2) is 6.98. The molecule has 6 nitrogen and oxygen atoms in total. The van der Waals surface area contributed by atoms with E-state index in [1.165, 1.54) is 0 Å². The number of carbonyl (C=O) groups is 2. The van der Waals surface area contributed by atoms with Crippen molar-refractivity contribution in [2.75, 3.05) is 13.1 Å². The number of amides is 2. The highest BCUT2D eigenvalue weighted by Gasteiger charge is 2.44. The van der Waals surface area contributed by atoms with Crippen LogP contribution in [0, 0.1) is 0 Å². The van der Waals surface area contributed by atoms with E-state index in [0.29, 0.717) is 25.2 Å². The summed E-state index contributed by atoms with van der Waals surface area (Å²) < 4.78 is 3.73. The summed E-state index contributed by atoms with van der Waals surface area (Å²) in [5.41, 5.74) is -0.457. The van der Waals surface area contributed by atoms with Crippen LogP contribution in [-0.4, -0.2) is 44.9 Å². The van der Waals surface area contributed by atoms with Gasteiger partial charge in [-0.2, -0.15) is 0 Å². The standard InChI is InChI=1S/C14H22N4O2S/c1-3-4-8-15-13(20)14(2)7-5-6-9-18(14)12(19)11-10-21-17-16-11/h10H,3-9H2,1-2H3,(H,15,20). The van der Waals surface area contributed by atoms with Crippen LogP contribution in [0.4, 0.5) is 0 Å². The molecule has 21 heavy (non-hydrogen) atoms. The van der Waals surface area contributed by atoms with Crippen molar-refractivity contribution in [2.24, 2.45) is 0 Å². The zero-order valence-corrected chi connectivity index (χ0v) is 13.4. The van der Waals surface area contributed by atoms with Crippen molar-refractivity contribution in [1.82, 2.24) is 19.8 Å². The third kappa shape index (κ3) is 3.40. The molecule has 0 saturated carbocycles. The first-order valence-corrected chi connectivity index (χ1v) is 8.30. The molecule has 0 radical (unpaired) electrons. The van der Waals surface area contributed by atoms with Crippen molar-refractivity contribution in [3.8, 4) is 0 Å². The molecule has 0 bridgehead atoms. The summed E-state index contributed by atoms with van der Waals surface area (Å²) in [5, 5.41) is 8.43. The molecule has 0 aromatic carbocycles. The van der Waals surface area contributed by atoms with Crippen LogP contribution in [0.1, 0.15) is 56.4 Å². The smallest absolute Gasteiger partial charge is 0.276 e. The van der Waals surface area contributed by atoms with Crippen molar-refractivity contribution < 1.29 is 9.59 Å². The maximum absolute atomic E-state index is 12.6. The number of likely N-dealkylation sites (tertiary alicyclic amines) is 1. The molecule has 2 amide bonds. The molecule has 0 spiro atoms. The van der Waals surface area contributed by atoms with Crippen LogP contribution >= 0.6 is 11.5 Å².